The Morgan fingerprint density at radius 3 is 2.55 bits per heavy atom. The molecule has 3 atom stereocenters. The number of pyridine rings is 2. The molecule has 2 aliphatic carbocycles. The number of alkyl halides is 2. The molecule has 0 amide bonds. The second kappa shape index (κ2) is 7.48. The van der Waals surface area contributed by atoms with Crippen LogP contribution in [0, 0.1) is 23.2 Å². The number of fused-ring (bicyclic) bond motifs is 1. The zero-order chi connectivity index (χ0) is 20.8. The molecule has 2 unspecified atom stereocenters. The number of hydrogen-bond donors (Lipinski definition) is 1. The van der Waals surface area contributed by atoms with Gasteiger partial charge in [-0.15, -0.1) is 0 Å². The molecule has 158 valence electrons. The third-order valence-electron chi connectivity index (χ3n) is 7.54. The van der Waals surface area contributed by atoms with Crippen LogP contribution < -0.4 is 5.43 Å². The van der Waals surface area contributed by atoms with E-state index in [0.717, 1.165) is 30.5 Å². The Hall–Kier alpha value is -1.78. The molecule has 29 heavy (non-hydrogen) atoms. The van der Waals surface area contributed by atoms with Crippen molar-refractivity contribution in [3.05, 3.63) is 40.4 Å². The molecule has 0 bridgehead atoms. The molecule has 0 radical (unpaired) electrons. The fourth-order valence-corrected chi connectivity index (χ4v) is 5.70. The summed E-state index contributed by atoms with van der Waals surface area (Å²) in [6.07, 6.45) is 7.66. The number of nitrogens with zero attached hydrogens (tertiary/aromatic N) is 1. The van der Waals surface area contributed by atoms with Crippen molar-refractivity contribution in [3.8, 4) is 0 Å². The van der Waals surface area contributed by atoms with Gasteiger partial charge in [-0.25, -0.2) is 8.78 Å². The topological polar surface area (TPSA) is 45.8 Å². The predicted molar refractivity (Wildman–Crippen MR) is 112 cm³/mol. The van der Waals surface area contributed by atoms with Gasteiger partial charge in [-0.3, -0.25) is 9.78 Å². The van der Waals surface area contributed by atoms with Gasteiger partial charge in [0.1, 0.15) is 0 Å². The molecule has 0 aromatic carbocycles. The van der Waals surface area contributed by atoms with Crippen LogP contribution in [-0.4, -0.2) is 15.9 Å². The summed E-state index contributed by atoms with van der Waals surface area (Å²) in [5.41, 5.74) is 2.00. The van der Waals surface area contributed by atoms with Crippen molar-refractivity contribution in [1.29, 1.82) is 0 Å². The second-order valence-corrected chi connectivity index (χ2v) is 10.3. The van der Waals surface area contributed by atoms with Crippen LogP contribution in [0.4, 0.5) is 8.78 Å². The highest BCUT2D eigenvalue weighted by atomic mass is 19.3. The zero-order valence-electron chi connectivity index (χ0n) is 17.7. The average molecular weight is 403 g/mol. The molecular weight excluding hydrogens is 370 g/mol. The van der Waals surface area contributed by atoms with E-state index in [1.54, 1.807) is 18.5 Å². The Kier molecular flexibility index (Phi) is 5.28. The normalized spacial score (nSPS) is 28.5. The summed E-state index contributed by atoms with van der Waals surface area (Å²) < 4.78 is 27.6. The lowest BCUT2D eigenvalue weighted by atomic mass is 9.60. The fraction of sp³-hybridized carbons (Fsp3) is 0.667. The average Bonchev–Trinajstić information content (AvgIpc) is 2.67. The van der Waals surface area contributed by atoms with Crippen LogP contribution in [0.1, 0.15) is 77.3 Å². The maximum atomic E-state index is 13.8. The summed E-state index contributed by atoms with van der Waals surface area (Å²) in [6.45, 7) is 6.86. The van der Waals surface area contributed by atoms with Gasteiger partial charge in [-0.1, -0.05) is 20.8 Å². The molecule has 5 heteroatoms. The Labute approximate surface area is 171 Å². The minimum atomic E-state index is -2.51. The summed E-state index contributed by atoms with van der Waals surface area (Å²) in [7, 11) is 0. The molecule has 2 heterocycles. The molecule has 4 rings (SSSR count). The van der Waals surface area contributed by atoms with Crippen molar-refractivity contribution < 1.29 is 8.78 Å². The molecule has 2 aliphatic rings. The highest BCUT2D eigenvalue weighted by Crippen LogP contribution is 2.52. The smallest absolute Gasteiger partial charge is 0.248 e. The fourth-order valence-electron chi connectivity index (χ4n) is 5.70. The Morgan fingerprint density at radius 1 is 1.14 bits per heavy atom. The zero-order valence-corrected chi connectivity index (χ0v) is 17.7. The lowest BCUT2D eigenvalue weighted by Crippen LogP contribution is -2.38. The molecule has 2 aromatic rings. The van der Waals surface area contributed by atoms with E-state index in [-0.39, 0.29) is 29.6 Å². The molecule has 3 nitrogen and oxygen atoms in total. The van der Waals surface area contributed by atoms with Crippen molar-refractivity contribution in [2.24, 2.45) is 23.2 Å². The van der Waals surface area contributed by atoms with E-state index in [2.05, 4.69) is 30.7 Å². The van der Waals surface area contributed by atoms with E-state index in [0.29, 0.717) is 36.0 Å². The van der Waals surface area contributed by atoms with Gasteiger partial charge in [0.2, 0.25) is 5.92 Å². The summed E-state index contributed by atoms with van der Waals surface area (Å²) in [5, 5.41) is 0.605. The SMILES string of the molecule is CC(C)(C)C1CC[C@@H](c2cc(=O)c3cnccc3[nH]2)C(C2CCC(F)(F)CC2)C1. The predicted octanol–water partition coefficient (Wildman–Crippen LogP) is 6.29. The van der Waals surface area contributed by atoms with Crippen molar-refractivity contribution in [2.75, 3.05) is 0 Å². The molecule has 0 spiro atoms. The Balaban J connectivity index is 1.68. The number of aromatic amines is 1. The summed E-state index contributed by atoms with van der Waals surface area (Å²) in [6, 6.07) is 3.58. The van der Waals surface area contributed by atoms with Crippen molar-refractivity contribution in [2.45, 2.75) is 77.6 Å². The van der Waals surface area contributed by atoms with Crippen LogP contribution in [0.5, 0.6) is 0 Å². The number of rotatable bonds is 2. The number of H-pyrrole nitrogens is 1. The number of halogens is 2. The minimum Gasteiger partial charge on any atom is -0.358 e. The molecule has 1 N–H and O–H groups in total. The molecular formula is C24H32F2N2O. The van der Waals surface area contributed by atoms with Gasteiger partial charge in [0.15, 0.2) is 5.43 Å². The summed E-state index contributed by atoms with van der Waals surface area (Å²) >= 11 is 0. The van der Waals surface area contributed by atoms with Gasteiger partial charge < -0.3 is 4.98 Å². The van der Waals surface area contributed by atoms with E-state index in [1.807, 2.05) is 6.07 Å². The van der Waals surface area contributed by atoms with Gasteiger partial charge in [-0.2, -0.15) is 0 Å². The van der Waals surface area contributed by atoms with Crippen LogP contribution >= 0.6 is 0 Å². The van der Waals surface area contributed by atoms with Crippen LogP contribution in [0.3, 0.4) is 0 Å². The third-order valence-corrected chi connectivity index (χ3v) is 7.54. The summed E-state index contributed by atoms with van der Waals surface area (Å²) in [4.78, 5) is 20.2. The lowest BCUT2D eigenvalue weighted by Gasteiger charge is -2.46. The highest BCUT2D eigenvalue weighted by Gasteiger charge is 2.44. The Bertz CT molecular complexity index is 920. The largest absolute Gasteiger partial charge is 0.358 e. The van der Waals surface area contributed by atoms with Crippen LogP contribution in [-0.2, 0) is 0 Å². The third kappa shape index (κ3) is 4.24. The molecule has 2 fully saturated rings. The standard InChI is InChI=1S/C24H32F2N2O/c1-23(2,3)16-4-5-17(18(12-16)15-6-9-24(25,26)10-7-15)21-13-22(29)19-14-27-11-8-20(19)28-21/h8,11,13-18H,4-7,9-10,12H2,1-3H3,(H,28,29)/t16?,17-,18?/m1/s1. The quantitative estimate of drug-likeness (QED) is 0.641. The maximum absolute atomic E-state index is 13.8. The van der Waals surface area contributed by atoms with E-state index < -0.39 is 5.92 Å². The van der Waals surface area contributed by atoms with E-state index in [1.165, 1.54) is 0 Å². The van der Waals surface area contributed by atoms with Gasteiger partial charge in [0.25, 0.3) is 0 Å². The first kappa shape index (κ1) is 20.5. The molecule has 0 aliphatic heterocycles. The lowest BCUT2D eigenvalue weighted by molar-refractivity contribution is -0.0594. The monoisotopic (exact) mass is 402 g/mol. The summed E-state index contributed by atoms with van der Waals surface area (Å²) in [5.74, 6) is -1.03. The van der Waals surface area contributed by atoms with Crippen LogP contribution in [0.25, 0.3) is 10.9 Å². The molecule has 2 aromatic heterocycles. The van der Waals surface area contributed by atoms with Gasteiger partial charge >= 0.3 is 0 Å². The van der Waals surface area contributed by atoms with Crippen molar-refractivity contribution in [1.82, 2.24) is 9.97 Å². The highest BCUT2D eigenvalue weighted by molar-refractivity contribution is 5.77. The number of hydrogen-bond acceptors (Lipinski definition) is 2. The van der Waals surface area contributed by atoms with Crippen molar-refractivity contribution >= 4 is 10.9 Å². The first-order valence-electron chi connectivity index (χ1n) is 11.0. The van der Waals surface area contributed by atoms with E-state index in [4.69, 9.17) is 0 Å². The number of nitrogens with one attached hydrogen (secondary N) is 1. The van der Waals surface area contributed by atoms with Gasteiger partial charge in [-0.05, 0) is 61.3 Å². The molecule has 0 saturated heterocycles. The minimum absolute atomic E-state index is 0.000973. The van der Waals surface area contributed by atoms with E-state index >= 15 is 0 Å². The Morgan fingerprint density at radius 2 is 1.86 bits per heavy atom. The second-order valence-electron chi connectivity index (χ2n) is 10.3. The maximum Gasteiger partial charge on any atom is 0.248 e. The molecule has 2 saturated carbocycles. The first-order valence-corrected chi connectivity index (χ1v) is 11.0. The van der Waals surface area contributed by atoms with Gasteiger partial charge in [0, 0.05) is 42.9 Å². The van der Waals surface area contributed by atoms with Crippen LogP contribution in [0.15, 0.2) is 29.3 Å². The number of aromatic nitrogens is 2. The van der Waals surface area contributed by atoms with Crippen molar-refractivity contribution in [3.63, 3.8) is 0 Å². The van der Waals surface area contributed by atoms with Crippen LogP contribution in [0.2, 0.25) is 0 Å². The first-order chi connectivity index (χ1) is 13.6. The van der Waals surface area contributed by atoms with E-state index in [9.17, 15) is 13.6 Å². The van der Waals surface area contributed by atoms with Gasteiger partial charge in [0.05, 0.1) is 10.9 Å².